The van der Waals surface area contributed by atoms with E-state index in [4.69, 9.17) is 8.92 Å². The first-order valence-corrected chi connectivity index (χ1v) is 24.1. The van der Waals surface area contributed by atoms with Crippen LogP contribution in [0.4, 0.5) is 34.6 Å². The van der Waals surface area contributed by atoms with E-state index in [0.717, 1.165) is 28.8 Å². The van der Waals surface area contributed by atoms with Crippen LogP contribution in [-0.4, -0.2) is 91.0 Å². The van der Waals surface area contributed by atoms with E-state index in [-0.39, 0.29) is 61.6 Å². The highest BCUT2D eigenvalue weighted by molar-refractivity contribution is 7.87. The Labute approximate surface area is 385 Å². The average molecular weight is 1010 g/mol. The van der Waals surface area contributed by atoms with Gasteiger partial charge in [0.05, 0.1) is 46.5 Å². The van der Waals surface area contributed by atoms with E-state index in [2.05, 4.69) is 30.9 Å². The Balaban J connectivity index is 1.30. The van der Waals surface area contributed by atoms with Crippen LogP contribution in [0.1, 0.15) is 31.8 Å². The molecule has 0 amide bonds. The molecule has 8 rings (SSSR count). The SMILES string of the molecule is COc1ccc(Nc2nc(O)nc(Nc3cc(Nc4ccc5c6c4C(=O)c4ccccc4-c6c(C(=O)c4cccc(OS(=O)O)c4)c(=O)n5C)c(S(=O)(=O)O)cc3S(=O)(=O)O)n2)c(S(=O)(=O)O)c1. The molecule has 0 bridgehead atoms. The van der Waals surface area contributed by atoms with Crippen LogP contribution in [0.5, 0.6) is 17.5 Å². The molecule has 24 nitrogen and oxygen atoms in total. The van der Waals surface area contributed by atoms with E-state index in [9.17, 15) is 67.2 Å². The molecular weight excluding hydrogens is 979 g/mol. The molecule has 2 aromatic heterocycles. The van der Waals surface area contributed by atoms with E-state index in [0.29, 0.717) is 6.07 Å². The third-order valence-corrected chi connectivity index (χ3v) is 13.2. The standard InChI is InChI=1S/C40H29N7O17S4/c1-47-27-13-12-24(32-33(27)31(21-8-3-4-9-22(21)36(32)49)34(37(47)50)35(48)18-6-5-7-20(14-18)64-65(52)53)41-25-16-26(30(68(60,61)62)17-29(25)67(57,58)59)43-39-44-38(45-40(51)46-39)42-23-11-10-19(63-2)15-28(23)66(54,55)56/h3-17,41H,1-2H3,(H,52,53)(H,54,55,56)(H,57,58,59)(H,60,61,62)(H3,42,43,44,45,46,51). The first-order valence-electron chi connectivity index (χ1n) is 18.8. The molecule has 1 aliphatic rings. The predicted molar refractivity (Wildman–Crippen MR) is 240 cm³/mol. The van der Waals surface area contributed by atoms with Crippen molar-refractivity contribution in [2.75, 3.05) is 23.1 Å². The van der Waals surface area contributed by atoms with Crippen LogP contribution in [0.2, 0.25) is 0 Å². The first-order chi connectivity index (χ1) is 31.9. The minimum Gasteiger partial charge on any atom is -0.497 e. The lowest BCUT2D eigenvalue weighted by atomic mass is 9.80. The number of carbonyl (C=O) groups is 2. The maximum atomic E-state index is 14.6. The van der Waals surface area contributed by atoms with Crippen molar-refractivity contribution in [3.05, 3.63) is 124 Å². The smallest absolute Gasteiger partial charge is 0.357 e. The van der Waals surface area contributed by atoms with Crippen molar-refractivity contribution in [1.29, 1.82) is 0 Å². The minimum absolute atomic E-state index is 0.00373. The van der Waals surface area contributed by atoms with Gasteiger partial charge in [0, 0.05) is 35.2 Å². The Morgan fingerprint density at radius 2 is 1.25 bits per heavy atom. The fourth-order valence-corrected chi connectivity index (χ4v) is 9.71. The fraction of sp³-hybridized carbons (Fsp3) is 0.0500. The molecule has 7 aromatic rings. The second-order valence-corrected chi connectivity index (χ2v) is 19.1. The molecule has 0 saturated carbocycles. The van der Waals surface area contributed by atoms with Crippen LogP contribution in [0.25, 0.3) is 22.0 Å². The van der Waals surface area contributed by atoms with Gasteiger partial charge < -0.3 is 34.5 Å². The van der Waals surface area contributed by atoms with Gasteiger partial charge in [-0.05, 0) is 54.1 Å². The third-order valence-electron chi connectivity index (χ3n) is 10.2. The molecule has 0 fully saturated rings. The molecule has 1 unspecified atom stereocenters. The van der Waals surface area contributed by atoms with Gasteiger partial charge in [-0.1, -0.05) is 36.4 Å². The molecule has 8 N–H and O–H groups in total. The van der Waals surface area contributed by atoms with Crippen LogP contribution in [-0.2, 0) is 48.8 Å². The normalized spacial score (nSPS) is 12.8. The summed E-state index contributed by atoms with van der Waals surface area (Å²) in [6.07, 6.45) is 0. The number of rotatable bonds is 14. The van der Waals surface area contributed by atoms with Gasteiger partial charge in [0.25, 0.3) is 35.9 Å². The van der Waals surface area contributed by atoms with Crippen LogP contribution < -0.4 is 30.4 Å². The van der Waals surface area contributed by atoms with Crippen LogP contribution in [0.3, 0.4) is 0 Å². The van der Waals surface area contributed by atoms with Gasteiger partial charge >= 0.3 is 17.4 Å². The lowest BCUT2D eigenvalue weighted by molar-refractivity contribution is 0.102. The number of pyridine rings is 1. The summed E-state index contributed by atoms with van der Waals surface area (Å²) in [5.41, 5.74) is -3.44. The summed E-state index contributed by atoms with van der Waals surface area (Å²) < 4.78 is 138. The molecule has 0 aliphatic heterocycles. The molecule has 0 radical (unpaired) electrons. The Kier molecular flexibility index (Phi) is 11.8. The van der Waals surface area contributed by atoms with Crippen LogP contribution >= 0.6 is 0 Å². The van der Waals surface area contributed by atoms with Crippen molar-refractivity contribution in [3.63, 3.8) is 0 Å². The number of aromatic nitrogens is 4. The number of hydrogen-bond donors (Lipinski definition) is 8. The molecule has 5 aromatic carbocycles. The molecule has 68 heavy (non-hydrogen) atoms. The van der Waals surface area contributed by atoms with Crippen molar-refractivity contribution in [2.24, 2.45) is 7.05 Å². The molecule has 350 valence electrons. The zero-order chi connectivity index (χ0) is 49.2. The van der Waals surface area contributed by atoms with Gasteiger partial charge in [-0.25, -0.2) is 0 Å². The van der Waals surface area contributed by atoms with Crippen molar-refractivity contribution >= 4 is 98.8 Å². The number of nitrogens with zero attached hydrogens (tertiary/aromatic N) is 4. The number of nitrogens with one attached hydrogen (secondary N) is 3. The number of carbonyl (C=O) groups excluding carboxylic acids is 2. The summed E-state index contributed by atoms with van der Waals surface area (Å²) in [6.45, 7) is 0. The third kappa shape index (κ3) is 8.82. The zero-order valence-electron chi connectivity index (χ0n) is 34.2. The number of fused-ring (bicyclic) bond motifs is 2. The van der Waals surface area contributed by atoms with Gasteiger partial charge in [-0.15, -0.1) is 0 Å². The first kappa shape index (κ1) is 46.8. The second kappa shape index (κ2) is 17.2. The highest BCUT2D eigenvalue weighted by Gasteiger charge is 2.35. The lowest BCUT2D eigenvalue weighted by Gasteiger charge is -2.26. The van der Waals surface area contributed by atoms with Crippen molar-refractivity contribution < 1.29 is 71.3 Å². The highest BCUT2D eigenvalue weighted by Crippen LogP contribution is 2.45. The maximum absolute atomic E-state index is 14.6. The molecule has 0 spiro atoms. The van der Waals surface area contributed by atoms with E-state index >= 15 is 0 Å². The molecule has 2 heterocycles. The largest absolute Gasteiger partial charge is 0.497 e. The van der Waals surface area contributed by atoms with E-state index in [1.165, 1.54) is 68.8 Å². The van der Waals surface area contributed by atoms with Gasteiger partial charge in [0.2, 0.25) is 11.9 Å². The van der Waals surface area contributed by atoms with Crippen molar-refractivity contribution in [3.8, 4) is 28.6 Å². The van der Waals surface area contributed by atoms with Crippen LogP contribution in [0.15, 0.2) is 110 Å². The number of ether oxygens (including phenoxy) is 1. The molecule has 1 aliphatic carbocycles. The Hall–Kier alpha value is -7.70. The maximum Gasteiger partial charge on any atom is 0.357 e. The number of aromatic hydroxyl groups is 1. The fourth-order valence-electron chi connectivity index (χ4n) is 7.40. The lowest BCUT2D eigenvalue weighted by Crippen LogP contribution is -2.29. The number of methoxy groups -OCH3 is 1. The van der Waals surface area contributed by atoms with Gasteiger partial charge in [-0.3, -0.25) is 32.6 Å². The van der Waals surface area contributed by atoms with Crippen molar-refractivity contribution in [1.82, 2.24) is 19.5 Å². The summed E-state index contributed by atoms with van der Waals surface area (Å²) in [4.78, 5) is 51.4. The Bertz CT molecular complexity index is 3790. The van der Waals surface area contributed by atoms with E-state index < -0.39 is 108 Å². The number of anilines is 6. The quantitative estimate of drug-likeness (QED) is 0.0426. The second-order valence-electron chi connectivity index (χ2n) is 14.3. The number of hydrogen-bond acceptors (Lipinski definition) is 19. The van der Waals surface area contributed by atoms with Gasteiger partial charge in [0.15, 0.2) is 11.6 Å². The van der Waals surface area contributed by atoms with Gasteiger partial charge in [0.1, 0.15) is 26.2 Å². The Morgan fingerprint density at radius 3 is 1.87 bits per heavy atom. The van der Waals surface area contributed by atoms with Crippen LogP contribution in [0, 0.1) is 0 Å². The minimum atomic E-state index is -5.44. The Morgan fingerprint density at radius 1 is 0.662 bits per heavy atom. The summed E-state index contributed by atoms with van der Waals surface area (Å²) in [5, 5.41) is 18.0. The molecule has 0 saturated heterocycles. The summed E-state index contributed by atoms with van der Waals surface area (Å²) in [5.74, 6) is -3.12. The highest BCUT2D eigenvalue weighted by atomic mass is 32.2. The summed E-state index contributed by atoms with van der Waals surface area (Å²) >= 11 is -2.77. The molecular formula is C40H29N7O17S4. The average Bonchev–Trinajstić information content (AvgIpc) is 3.25. The monoisotopic (exact) mass is 1010 g/mol. The number of benzene rings is 5. The predicted octanol–water partition coefficient (Wildman–Crippen LogP) is 4.37. The van der Waals surface area contributed by atoms with E-state index in [1.54, 1.807) is 6.07 Å². The molecule has 1 atom stereocenters. The summed E-state index contributed by atoms with van der Waals surface area (Å²) in [6, 6.07) is 17.0. The van der Waals surface area contributed by atoms with E-state index in [1.807, 2.05) is 0 Å². The number of ketones is 2. The number of aryl methyl sites for hydroxylation is 1. The van der Waals surface area contributed by atoms with Gasteiger partial charge in [-0.2, -0.15) is 44.4 Å². The zero-order valence-corrected chi connectivity index (χ0v) is 37.5. The van der Waals surface area contributed by atoms with Crippen molar-refractivity contribution in [2.45, 2.75) is 14.7 Å². The summed E-state index contributed by atoms with van der Waals surface area (Å²) in [7, 11) is -13.2. The molecule has 28 heteroatoms. The topological polar surface area (TPSA) is 370 Å².